The van der Waals surface area contributed by atoms with Gasteiger partial charge in [0.1, 0.15) is 5.25 Å². The molecule has 1 saturated carbocycles. The molecule has 4 aromatic rings. The lowest BCUT2D eigenvalue weighted by atomic mass is 10.1. The third-order valence-electron chi connectivity index (χ3n) is 4.81. The molecular weight excluding hydrogens is 372 g/mol. The highest BCUT2D eigenvalue weighted by Crippen LogP contribution is 2.45. The van der Waals surface area contributed by atoms with E-state index in [2.05, 4.69) is 59.4 Å². The Kier molecular flexibility index (Phi) is 4.36. The van der Waals surface area contributed by atoms with Crippen molar-refractivity contribution in [3.05, 3.63) is 65.7 Å². The van der Waals surface area contributed by atoms with Crippen LogP contribution in [0.5, 0.6) is 0 Å². The molecule has 1 N–H and O–H groups in total. The van der Waals surface area contributed by atoms with E-state index in [1.54, 1.807) is 24.2 Å². The lowest BCUT2D eigenvalue weighted by Gasteiger charge is -2.16. The highest BCUT2D eigenvalue weighted by atomic mass is 32.2. The fraction of sp³-hybridized carbons (Fsp3) is 0.263. The number of H-pyrrole nitrogens is 1. The molecule has 3 heterocycles. The first-order valence-electron chi connectivity index (χ1n) is 9.12. The van der Waals surface area contributed by atoms with Gasteiger partial charge in [-0.3, -0.25) is 9.55 Å². The molecule has 0 saturated heterocycles. The maximum atomic E-state index is 4.53. The van der Waals surface area contributed by atoms with Gasteiger partial charge in [0, 0.05) is 24.0 Å². The topological polar surface area (TPSA) is 98.1 Å². The van der Waals surface area contributed by atoms with Crippen molar-refractivity contribution in [3.8, 4) is 11.4 Å². The number of tetrazole rings is 1. The van der Waals surface area contributed by atoms with E-state index in [0.717, 1.165) is 34.9 Å². The van der Waals surface area contributed by atoms with Crippen molar-refractivity contribution >= 4 is 11.8 Å². The molecule has 5 rings (SSSR count). The Morgan fingerprint density at radius 2 is 1.89 bits per heavy atom. The Morgan fingerprint density at radius 1 is 1.07 bits per heavy atom. The lowest BCUT2D eigenvalue weighted by molar-refractivity contribution is 0.667. The van der Waals surface area contributed by atoms with Crippen molar-refractivity contribution < 1.29 is 0 Å². The number of nitrogens with one attached hydrogen (secondary N) is 1. The van der Waals surface area contributed by atoms with Gasteiger partial charge in [-0.1, -0.05) is 41.2 Å². The summed E-state index contributed by atoms with van der Waals surface area (Å²) in [7, 11) is 0. The third-order valence-corrected chi connectivity index (χ3v) is 6.00. The average Bonchev–Trinajstić information content (AvgIpc) is 3.25. The normalized spacial score (nSPS) is 14.9. The van der Waals surface area contributed by atoms with Crippen LogP contribution in [0.3, 0.4) is 0 Å². The smallest absolute Gasteiger partial charge is 0.192 e. The number of benzene rings is 1. The molecule has 1 aliphatic rings. The van der Waals surface area contributed by atoms with Crippen LogP contribution in [0.2, 0.25) is 0 Å². The quantitative estimate of drug-likeness (QED) is 0.504. The summed E-state index contributed by atoms with van der Waals surface area (Å²) in [6, 6.07) is 12.6. The van der Waals surface area contributed by atoms with Gasteiger partial charge in [0.2, 0.25) is 0 Å². The van der Waals surface area contributed by atoms with Gasteiger partial charge in [-0.05, 0) is 43.0 Å². The second kappa shape index (κ2) is 7.16. The number of nitrogens with zero attached hydrogens (tertiary/aromatic N) is 7. The van der Waals surface area contributed by atoms with E-state index in [1.807, 2.05) is 24.3 Å². The summed E-state index contributed by atoms with van der Waals surface area (Å²) in [5.41, 5.74) is 3.34. The van der Waals surface area contributed by atoms with E-state index in [9.17, 15) is 0 Å². The molecule has 0 aliphatic heterocycles. The molecule has 0 radical (unpaired) electrons. The molecule has 0 amide bonds. The van der Waals surface area contributed by atoms with Crippen LogP contribution in [0.4, 0.5) is 0 Å². The molecule has 140 valence electrons. The van der Waals surface area contributed by atoms with Gasteiger partial charge < -0.3 is 0 Å². The third kappa shape index (κ3) is 3.18. The zero-order valence-electron chi connectivity index (χ0n) is 15.2. The van der Waals surface area contributed by atoms with E-state index in [-0.39, 0.29) is 5.25 Å². The molecule has 1 aromatic carbocycles. The second-order valence-corrected chi connectivity index (χ2v) is 7.84. The van der Waals surface area contributed by atoms with Crippen LogP contribution >= 0.6 is 11.8 Å². The van der Waals surface area contributed by atoms with Gasteiger partial charge in [0.05, 0.1) is 0 Å². The average molecular weight is 390 g/mol. The van der Waals surface area contributed by atoms with E-state index in [4.69, 9.17) is 0 Å². The minimum atomic E-state index is -0.119. The number of aromatic nitrogens is 8. The van der Waals surface area contributed by atoms with Crippen molar-refractivity contribution in [2.75, 3.05) is 0 Å². The SMILES string of the molecule is Cc1ccccc1C(Sc1nnc(-c2ccncc2)n1C1CC1)c1nn[nH]n1. The minimum Gasteiger partial charge on any atom is -0.299 e. The first-order chi connectivity index (χ1) is 13.8. The molecule has 0 bridgehead atoms. The first-order valence-corrected chi connectivity index (χ1v) is 10.00. The van der Waals surface area contributed by atoms with Crippen molar-refractivity contribution in [3.63, 3.8) is 0 Å². The van der Waals surface area contributed by atoms with Crippen molar-refractivity contribution in [2.45, 2.75) is 36.2 Å². The van der Waals surface area contributed by atoms with Crippen LogP contribution in [0.1, 0.15) is 41.1 Å². The lowest BCUT2D eigenvalue weighted by Crippen LogP contribution is -2.05. The summed E-state index contributed by atoms with van der Waals surface area (Å²) >= 11 is 1.61. The van der Waals surface area contributed by atoms with Crippen LogP contribution in [-0.2, 0) is 0 Å². The molecule has 1 aliphatic carbocycles. The number of aryl methyl sites for hydroxylation is 1. The largest absolute Gasteiger partial charge is 0.299 e. The maximum Gasteiger partial charge on any atom is 0.192 e. The Morgan fingerprint density at radius 3 is 2.61 bits per heavy atom. The molecule has 3 aromatic heterocycles. The Labute approximate surface area is 165 Å². The molecule has 1 fully saturated rings. The summed E-state index contributed by atoms with van der Waals surface area (Å²) in [5.74, 6) is 1.51. The molecular formula is C19H18N8S. The second-order valence-electron chi connectivity index (χ2n) is 6.77. The molecule has 0 spiro atoms. The molecule has 8 nitrogen and oxygen atoms in total. The van der Waals surface area contributed by atoms with Gasteiger partial charge in [-0.25, -0.2) is 0 Å². The standard InChI is InChI=1S/C19H18N8S/c1-12-4-2-3-5-15(12)16(17-21-25-26-22-17)28-19-24-23-18(27(19)14-6-7-14)13-8-10-20-11-9-13/h2-5,8-11,14,16H,6-7H2,1H3,(H,21,22,25,26). The number of hydrogen-bond acceptors (Lipinski definition) is 7. The fourth-order valence-electron chi connectivity index (χ4n) is 3.24. The summed E-state index contributed by atoms with van der Waals surface area (Å²) in [5, 5.41) is 24.6. The summed E-state index contributed by atoms with van der Waals surface area (Å²) in [4.78, 5) is 4.11. The van der Waals surface area contributed by atoms with Gasteiger partial charge in [-0.15, -0.1) is 20.4 Å². The minimum absolute atomic E-state index is 0.119. The molecule has 9 heteroatoms. The number of rotatable bonds is 6. The fourth-order valence-corrected chi connectivity index (χ4v) is 4.48. The van der Waals surface area contributed by atoms with Crippen LogP contribution in [0.15, 0.2) is 53.9 Å². The van der Waals surface area contributed by atoms with E-state index >= 15 is 0 Å². The summed E-state index contributed by atoms with van der Waals surface area (Å²) in [6.45, 7) is 2.09. The van der Waals surface area contributed by atoms with E-state index < -0.39 is 0 Å². The molecule has 1 atom stereocenters. The zero-order chi connectivity index (χ0) is 18.9. The maximum absolute atomic E-state index is 4.53. The first kappa shape index (κ1) is 17.1. The van der Waals surface area contributed by atoms with E-state index in [1.165, 1.54) is 5.56 Å². The van der Waals surface area contributed by atoms with Crippen molar-refractivity contribution in [1.29, 1.82) is 0 Å². The zero-order valence-corrected chi connectivity index (χ0v) is 16.0. The number of hydrogen-bond donors (Lipinski definition) is 1. The van der Waals surface area contributed by atoms with Crippen molar-refractivity contribution in [2.24, 2.45) is 0 Å². The summed E-state index contributed by atoms with van der Waals surface area (Å²) < 4.78 is 2.24. The van der Waals surface area contributed by atoms with Gasteiger partial charge >= 0.3 is 0 Å². The van der Waals surface area contributed by atoms with Crippen LogP contribution in [0.25, 0.3) is 11.4 Å². The molecule has 1 unspecified atom stereocenters. The predicted octanol–water partition coefficient (Wildman–Crippen LogP) is 3.38. The van der Waals surface area contributed by atoms with E-state index in [0.29, 0.717) is 11.9 Å². The Balaban J connectivity index is 1.57. The monoisotopic (exact) mass is 390 g/mol. The Bertz CT molecular complexity index is 1070. The highest BCUT2D eigenvalue weighted by molar-refractivity contribution is 7.99. The van der Waals surface area contributed by atoms with Crippen molar-refractivity contribution in [1.82, 2.24) is 40.4 Å². The van der Waals surface area contributed by atoms with Crippen LogP contribution < -0.4 is 0 Å². The Hall–Kier alpha value is -3.07. The summed E-state index contributed by atoms with van der Waals surface area (Å²) in [6.07, 6.45) is 5.84. The highest BCUT2D eigenvalue weighted by Gasteiger charge is 2.32. The predicted molar refractivity (Wildman–Crippen MR) is 105 cm³/mol. The number of aromatic amines is 1. The van der Waals surface area contributed by atoms with Gasteiger partial charge in [-0.2, -0.15) is 5.21 Å². The van der Waals surface area contributed by atoms with Gasteiger partial charge in [0.25, 0.3) is 0 Å². The van der Waals surface area contributed by atoms with Gasteiger partial charge in [0.15, 0.2) is 16.8 Å². The molecule has 28 heavy (non-hydrogen) atoms. The van der Waals surface area contributed by atoms with Crippen LogP contribution in [0, 0.1) is 6.92 Å². The van der Waals surface area contributed by atoms with Crippen LogP contribution in [-0.4, -0.2) is 40.4 Å². The number of pyridine rings is 1. The number of thioether (sulfide) groups is 1.